The second kappa shape index (κ2) is 14.1. The third kappa shape index (κ3) is 8.18. The van der Waals surface area contributed by atoms with E-state index in [1.54, 1.807) is 0 Å². The summed E-state index contributed by atoms with van der Waals surface area (Å²) >= 11 is 0. The van der Waals surface area contributed by atoms with Crippen LogP contribution < -0.4 is 9.47 Å². The van der Waals surface area contributed by atoms with Crippen molar-refractivity contribution in [3.05, 3.63) is 130 Å². The van der Waals surface area contributed by atoms with E-state index in [2.05, 4.69) is 120 Å². The summed E-state index contributed by atoms with van der Waals surface area (Å²) in [4.78, 5) is 0. The zero-order valence-corrected chi connectivity index (χ0v) is 26.5. The molecule has 0 aromatic heterocycles. The van der Waals surface area contributed by atoms with Crippen molar-refractivity contribution in [2.24, 2.45) is 0 Å². The molecular formula is C40H46O3. The minimum Gasteiger partial charge on any atom is -0.488 e. The number of epoxide rings is 1. The van der Waals surface area contributed by atoms with Crippen LogP contribution in [0.5, 0.6) is 11.5 Å². The maximum atomic E-state index is 6.64. The van der Waals surface area contributed by atoms with Gasteiger partial charge in [0.05, 0.1) is 11.7 Å². The molecule has 4 aromatic carbocycles. The molecule has 1 aliphatic heterocycles. The Labute approximate surface area is 258 Å². The summed E-state index contributed by atoms with van der Waals surface area (Å²) in [5.41, 5.74) is 7.58. The summed E-state index contributed by atoms with van der Waals surface area (Å²) in [5, 5.41) is 2.18. The molecule has 0 saturated carbocycles. The van der Waals surface area contributed by atoms with Crippen LogP contribution in [-0.4, -0.2) is 11.7 Å². The Bertz CT molecular complexity index is 1560. The molecule has 43 heavy (non-hydrogen) atoms. The molecule has 224 valence electrons. The van der Waals surface area contributed by atoms with E-state index in [1.807, 2.05) is 12.1 Å². The third-order valence-corrected chi connectivity index (χ3v) is 8.59. The molecule has 1 unspecified atom stereocenters. The van der Waals surface area contributed by atoms with Crippen molar-refractivity contribution in [2.75, 3.05) is 0 Å². The third-order valence-electron chi connectivity index (χ3n) is 8.59. The van der Waals surface area contributed by atoms with Crippen LogP contribution in [0.4, 0.5) is 0 Å². The molecule has 3 heteroatoms. The van der Waals surface area contributed by atoms with Gasteiger partial charge in [-0.25, -0.2) is 0 Å². The minimum atomic E-state index is 0.0800. The topological polar surface area (TPSA) is 31.0 Å². The summed E-state index contributed by atoms with van der Waals surface area (Å²) in [6.45, 7) is 12.1. The van der Waals surface area contributed by atoms with Gasteiger partial charge in [-0.15, -0.1) is 0 Å². The van der Waals surface area contributed by atoms with Crippen molar-refractivity contribution < 1.29 is 14.2 Å². The number of allylic oxidation sites excluding steroid dienone is 4. The maximum absolute atomic E-state index is 6.64. The van der Waals surface area contributed by atoms with Crippen LogP contribution >= 0.6 is 0 Å². The van der Waals surface area contributed by atoms with E-state index in [4.69, 9.17) is 14.2 Å². The molecule has 1 aliphatic rings. The molecule has 3 nitrogen and oxygen atoms in total. The Morgan fingerprint density at radius 3 is 1.81 bits per heavy atom. The van der Waals surface area contributed by atoms with Gasteiger partial charge in [-0.1, -0.05) is 108 Å². The second-order valence-corrected chi connectivity index (χ2v) is 12.4. The van der Waals surface area contributed by atoms with Crippen LogP contribution in [0.15, 0.2) is 108 Å². The van der Waals surface area contributed by atoms with E-state index in [1.165, 1.54) is 16.7 Å². The molecule has 0 bridgehead atoms. The molecule has 5 rings (SSSR count). The first kappa shape index (κ1) is 30.6. The summed E-state index contributed by atoms with van der Waals surface area (Å²) in [5.74, 6) is 1.89. The summed E-state index contributed by atoms with van der Waals surface area (Å²) in [7, 11) is 0. The van der Waals surface area contributed by atoms with E-state index in [0.29, 0.717) is 19.3 Å². The largest absolute Gasteiger partial charge is 0.488 e. The number of fused-ring (bicyclic) bond motifs is 1. The van der Waals surface area contributed by atoms with Gasteiger partial charge in [0, 0.05) is 16.3 Å². The number of benzene rings is 4. The van der Waals surface area contributed by atoms with Gasteiger partial charge < -0.3 is 14.2 Å². The molecule has 0 radical (unpaired) electrons. The van der Waals surface area contributed by atoms with E-state index < -0.39 is 0 Å². The Morgan fingerprint density at radius 1 is 0.721 bits per heavy atom. The summed E-state index contributed by atoms with van der Waals surface area (Å²) < 4.78 is 18.9. The van der Waals surface area contributed by atoms with Crippen LogP contribution in [0.1, 0.15) is 75.6 Å². The van der Waals surface area contributed by atoms with E-state index in [9.17, 15) is 0 Å². The zero-order valence-electron chi connectivity index (χ0n) is 26.5. The summed E-state index contributed by atoms with van der Waals surface area (Å²) in [6, 6.07) is 29.2. The van der Waals surface area contributed by atoms with Gasteiger partial charge in [0.2, 0.25) is 0 Å². The lowest BCUT2D eigenvalue weighted by Gasteiger charge is -2.21. The van der Waals surface area contributed by atoms with Gasteiger partial charge in [-0.05, 0) is 83.4 Å². The lowest BCUT2D eigenvalue weighted by atomic mass is 9.95. The average molecular weight is 575 g/mol. The van der Waals surface area contributed by atoms with Gasteiger partial charge >= 0.3 is 0 Å². The van der Waals surface area contributed by atoms with Crippen LogP contribution in [0, 0.1) is 6.92 Å². The van der Waals surface area contributed by atoms with Crippen molar-refractivity contribution in [3.63, 3.8) is 0 Å². The number of hydrogen-bond acceptors (Lipinski definition) is 3. The highest BCUT2D eigenvalue weighted by molar-refractivity contribution is 5.96. The lowest BCUT2D eigenvalue weighted by molar-refractivity contribution is 0.299. The van der Waals surface area contributed by atoms with Gasteiger partial charge in [0.1, 0.15) is 24.7 Å². The fourth-order valence-corrected chi connectivity index (χ4v) is 5.73. The van der Waals surface area contributed by atoms with E-state index in [-0.39, 0.29) is 5.60 Å². The Morgan fingerprint density at radius 2 is 1.23 bits per heavy atom. The molecule has 0 spiro atoms. The molecule has 1 fully saturated rings. The Balaban J connectivity index is 1.36. The summed E-state index contributed by atoms with van der Waals surface area (Å²) in [6.07, 6.45) is 10.3. The SMILES string of the molecule is C/C(=C\Cc1c(C)c(OCc2ccccc2)c2ccccc2c1OCc1ccccc1)CC/C=C(\C)CCC1OC1(C)C. The second-order valence-electron chi connectivity index (χ2n) is 12.4. The van der Waals surface area contributed by atoms with Crippen molar-refractivity contribution in [1.82, 2.24) is 0 Å². The highest BCUT2D eigenvalue weighted by Crippen LogP contribution is 2.42. The Kier molecular flexibility index (Phi) is 10.0. The maximum Gasteiger partial charge on any atom is 0.131 e. The highest BCUT2D eigenvalue weighted by atomic mass is 16.6. The average Bonchev–Trinajstić information content (AvgIpc) is 3.64. The highest BCUT2D eigenvalue weighted by Gasteiger charge is 2.46. The smallest absolute Gasteiger partial charge is 0.131 e. The van der Waals surface area contributed by atoms with Gasteiger partial charge in [-0.2, -0.15) is 0 Å². The molecule has 1 saturated heterocycles. The zero-order chi connectivity index (χ0) is 30.2. The molecule has 1 atom stereocenters. The molecule has 0 N–H and O–H groups in total. The molecule has 0 amide bonds. The van der Waals surface area contributed by atoms with Crippen molar-refractivity contribution in [3.8, 4) is 11.5 Å². The van der Waals surface area contributed by atoms with Gasteiger partial charge in [-0.3, -0.25) is 0 Å². The minimum absolute atomic E-state index is 0.0800. The number of rotatable bonds is 14. The van der Waals surface area contributed by atoms with E-state index in [0.717, 1.165) is 71.1 Å². The molecule has 1 heterocycles. The fourth-order valence-electron chi connectivity index (χ4n) is 5.73. The number of hydrogen-bond donors (Lipinski definition) is 0. The van der Waals surface area contributed by atoms with Crippen molar-refractivity contribution in [2.45, 2.75) is 91.6 Å². The standard InChI is InChI=1S/C40H46O3/c1-29(15-14-16-30(2)24-26-37-40(4,5)43-37)23-25-34-31(3)38(41-27-32-17-8-6-9-18-32)35-21-12-13-22-36(35)39(34)42-28-33-19-10-7-11-20-33/h6-13,16-23,37H,14-15,24-28H2,1-5H3/b29-23+,30-16+. The molecular weight excluding hydrogens is 528 g/mol. The Hall–Kier alpha value is -3.82. The quantitative estimate of drug-likeness (QED) is 0.111. The van der Waals surface area contributed by atoms with Crippen molar-refractivity contribution in [1.29, 1.82) is 0 Å². The van der Waals surface area contributed by atoms with E-state index >= 15 is 0 Å². The van der Waals surface area contributed by atoms with Crippen LogP contribution in [0.25, 0.3) is 10.8 Å². The van der Waals surface area contributed by atoms with Gasteiger partial charge in [0.15, 0.2) is 0 Å². The van der Waals surface area contributed by atoms with Gasteiger partial charge in [0.25, 0.3) is 0 Å². The first-order chi connectivity index (χ1) is 20.8. The molecule has 0 aliphatic carbocycles. The van der Waals surface area contributed by atoms with Crippen LogP contribution in [-0.2, 0) is 24.4 Å². The monoisotopic (exact) mass is 574 g/mol. The van der Waals surface area contributed by atoms with Crippen LogP contribution in [0.3, 0.4) is 0 Å². The first-order valence-electron chi connectivity index (χ1n) is 15.7. The normalized spacial score (nSPS) is 16.3. The first-order valence-corrected chi connectivity index (χ1v) is 15.7. The molecule has 4 aromatic rings. The predicted octanol–water partition coefficient (Wildman–Crippen LogP) is 10.5. The van der Waals surface area contributed by atoms with Crippen molar-refractivity contribution >= 4 is 10.8 Å². The fraction of sp³-hybridized carbons (Fsp3) is 0.350. The predicted molar refractivity (Wildman–Crippen MR) is 179 cm³/mol. The number of ether oxygens (including phenoxy) is 3. The van der Waals surface area contributed by atoms with Crippen LogP contribution in [0.2, 0.25) is 0 Å². The lowest BCUT2D eigenvalue weighted by Crippen LogP contribution is -2.05.